The molecule has 12 heteroatoms. The Hall–Kier alpha value is -1.64. The van der Waals surface area contributed by atoms with Crippen LogP contribution < -0.4 is 0 Å². The van der Waals surface area contributed by atoms with Gasteiger partial charge < -0.3 is 50.1 Å². The summed E-state index contributed by atoms with van der Waals surface area (Å²) >= 11 is 0. The van der Waals surface area contributed by atoms with Crippen molar-refractivity contribution in [1.29, 1.82) is 0 Å². The molecule has 2 aliphatic heterocycles. The summed E-state index contributed by atoms with van der Waals surface area (Å²) in [5.41, 5.74) is -3.65. The molecule has 5 fully saturated rings. The van der Waals surface area contributed by atoms with Gasteiger partial charge in [-0.15, -0.1) is 5.16 Å². The van der Waals surface area contributed by atoms with Gasteiger partial charge in [0.25, 0.3) is 0 Å². The molecule has 4 saturated carbocycles. The summed E-state index contributed by atoms with van der Waals surface area (Å²) in [4.78, 5) is 11.8. The van der Waals surface area contributed by atoms with E-state index in [0.29, 0.717) is 25.7 Å². The highest BCUT2D eigenvalue weighted by Crippen LogP contribution is 2.70. The number of carbonyl (C=O) groups is 1. The van der Waals surface area contributed by atoms with E-state index in [-0.39, 0.29) is 44.2 Å². The minimum Gasteiger partial charge on any atom is -0.458 e. The Labute approximate surface area is 238 Å². The third-order valence-electron chi connectivity index (χ3n) is 12.0. The molecule has 4 aliphatic carbocycles. The molecular weight excluding hydrogens is 538 g/mol. The second-order valence-corrected chi connectivity index (χ2v) is 13.7. The van der Waals surface area contributed by atoms with Crippen LogP contribution in [0.3, 0.4) is 0 Å². The average molecular weight is 582 g/mol. The van der Waals surface area contributed by atoms with Crippen molar-refractivity contribution in [3.8, 4) is 0 Å². The van der Waals surface area contributed by atoms with Crippen LogP contribution in [0.4, 0.5) is 0 Å². The van der Waals surface area contributed by atoms with Gasteiger partial charge in [-0.05, 0) is 69.3 Å². The molecule has 7 N–H and O–H groups in total. The van der Waals surface area contributed by atoms with Crippen molar-refractivity contribution in [2.45, 2.75) is 119 Å². The predicted molar refractivity (Wildman–Crippen MR) is 140 cm³/mol. The first-order valence-electron chi connectivity index (χ1n) is 14.8. The van der Waals surface area contributed by atoms with E-state index < -0.39 is 76.8 Å². The van der Waals surface area contributed by atoms with Crippen molar-refractivity contribution in [2.24, 2.45) is 33.7 Å². The van der Waals surface area contributed by atoms with Crippen molar-refractivity contribution >= 4 is 12.2 Å². The molecule has 6 rings (SSSR count). The topological polar surface area (TPSA) is 199 Å². The Bertz CT molecular complexity index is 1120. The van der Waals surface area contributed by atoms with Gasteiger partial charge in [-0.2, -0.15) is 0 Å². The Kier molecular flexibility index (Phi) is 7.14. The minimum atomic E-state index is -1.48. The first-order valence-corrected chi connectivity index (χ1v) is 14.8. The molecule has 41 heavy (non-hydrogen) atoms. The molecule has 0 aromatic carbocycles. The first-order chi connectivity index (χ1) is 19.3. The minimum absolute atomic E-state index is 0.0965. The highest BCUT2D eigenvalue weighted by Gasteiger charge is 2.73. The number of aliphatic hydroxyl groups excluding tert-OH is 4. The van der Waals surface area contributed by atoms with Crippen LogP contribution in [-0.2, 0) is 19.0 Å². The molecule has 0 radical (unpaired) electrons. The molecule has 6 aliphatic rings. The molecule has 0 aromatic rings. The number of hydrogen-bond donors (Lipinski definition) is 7. The molecule has 0 aromatic heterocycles. The highest BCUT2D eigenvalue weighted by molar-refractivity contribution is 5.85. The number of rotatable bonds is 4. The van der Waals surface area contributed by atoms with E-state index in [2.05, 4.69) is 5.16 Å². The zero-order valence-electron chi connectivity index (χ0n) is 23.5. The monoisotopic (exact) mass is 581 g/mol. The van der Waals surface area contributed by atoms with Crippen LogP contribution in [0.15, 0.2) is 16.8 Å². The molecule has 0 bridgehead atoms. The standard InChI is InChI=1S/C29H43NO11/c1-14-22(33)23(34)24(35)25(40-14)41-16-3-6-27(13-30-38)21-18(4-7-28(27,36)10-16)29(37)8-5-17(15-9-20(32)39-12-15)26(29,2)11-19(21)31/h9,13-14,16-19,21-25,31,33-38H,3-8,10-12H2,1-2H3/b30-13-/t14-,16-,17+,18+,19-,21-,22+,23-,24-,25+,26-,27+,28-,29+/m1/s1. The van der Waals surface area contributed by atoms with E-state index in [9.17, 15) is 40.6 Å². The van der Waals surface area contributed by atoms with Gasteiger partial charge in [0.1, 0.15) is 24.9 Å². The zero-order valence-corrected chi connectivity index (χ0v) is 23.5. The Morgan fingerprint density at radius 1 is 1.02 bits per heavy atom. The number of nitrogens with zero attached hydrogens (tertiary/aromatic N) is 1. The molecule has 0 spiro atoms. The van der Waals surface area contributed by atoms with Gasteiger partial charge in [-0.25, -0.2) is 4.79 Å². The molecular formula is C29H43NO11. The third-order valence-corrected chi connectivity index (χ3v) is 12.0. The quantitative estimate of drug-likeness (QED) is 0.0774. The lowest BCUT2D eigenvalue weighted by molar-refractivity contribution is -0.318. The number of fused-ring (bicyclic) bond motifs is 5. The van der Waals surface area contributed by atoms with Crippen molar-refractivity contribution < 1.29 is 54.9 Å². The Morgan fingerprint density at radius 3 is 2.46 bits per heavy atom. The van der Waals surface area contributed by atoms with E-state index in [1.54, 1.807) is 6.92 Å². The van der Waals surface area contributed by atoms with Crippen LogP contribution in [0.5, 0.6) is 0 Å². The second kappa shape index (κ2) is 9.95. The van der Waals surface area contributed by atoms with Gasteiger partial charge in [0.15, 0.2) is 6.29 Å². The van der Waals surface area contributed by atoms with E-state index in [0.717, 1.165) is 5.57 Å². The summed E-state index contributed by atoms with van der Waals surface area (Å²) in [6, 6.07) is 0. The first kappa shape index (κ1) is 29.4. The van der Waals surface area contributed by atoms with Crippen molar-refractivity contribution in [1.82, 2.24) is 0 Å². The maximum Gasteiger partial charge on any atom is 0.331 e. The number of cyclic esters (lactones) is 1. The summed E-state index contributed by atoms with van der Waals surface area (Å²) in [5.74, 6) is -1.50. The number of carbonyl (C=O) groups excluding carboxylic acids is 1. The number of aliphatic hydroxyl groups is 6. The summed E-state index contributed by atoms with van der Waals surface area (Å²) < 4.78 is 16.8. The van der Waals surface area contributed by atoms with Crippen LogP contribution in [0.1, 0.15) is 65.2 Å². The van der Waals surface area contributed by atoms with E-state index >= 15 is 0 Å². The van der Waals surface area contributed by atoms with Gasteiger partial charge >= 0.3 is 5.97 Å². The number of oxime groups is 1. The fourth-order valence-electron chi connectivity index (χ4n) is 9.94. The Balaban J connectivity index is 1.28. The zero-order chi connectivity index (χ0) is 29.5. The van der Waals surface area contributed by atoms with Crippen molar-refractivity contribution in [3.63, 3.8) is 0 Å². The summed E-state index contributed by atoms with van der Waals surface area (Å²) in [5, 5.41) is 80.4. The van der Waals surface area contributed by atoms with Crippen molar-refractivity contribution in [3.05, 3.63) is 11.6 Å². The van der Waals surface area contributed by atoms with Crippen LogP contribution >= 0.6 is 0 Å². The second-order valence-electron chi connectivity index (χ2n) is 13.7. The van der Waals surface area contributed by atoms with Crippen LogP contribution in [0.25, 0.3) is 0 Å². The smallest absolute Gasteiger partial charge is 0.331 e. The molecule has 14 atom stereocenters. The summed E-state index contributed by atoms with van der Waals surface area (Å²) in [7, 11) is 0. The lowest BCUT2D eigenvalue weighted by Crippen LogP contribution is -2.72. The van der Waals surface area contributed by atoms with E-state index in [1.807, 2.05) is 6.92 Å². The Morgan fingerprint density at radius 2 is 1.78 bits per heavy atom. The molecule has 12 nitrogen and oxygen atoms in total. The van der Waals surface area contributed by atoms with Gasteiger partial charge in [-0.1, -0.05) is 6.92 Å². The molecule has 0 amide bonds. The van der Waals surface area contributed by atoms with Crippen LogP contribution in [-0.4, -0.2) is 109 Å². The van der Waals surface area contributed by atoms with E-state index in [4.69, 9.17) is 14.2 Å². The van der Waals surface area contributed by atoms with Crippen LogP contribution in [0.2, 0.25) is 0 Å². The number of ether oxygens (including phenoxy) is 3. The lowest BCUT2D eigenvalue weighted by Gasteiger charge is -2.67. The fraction of sp³-hybridized carbons (Fsp3) is 0.862. The number of hydrogen-bond acceptors (Lipinski definition) is 12. The average Bonchev–Trinajstić information content (AvgIpc) is 3.46. The van der Waals surface area contributed by atoms with Crippen LogP contribution in [0, 0.1) is 28.6 Å². The number of esters is 1. The predicted octanol–water partition coefficient (Wildman–Crippen LogP) is -0.0181. The van der Waals surface area contributed by atoms with E-state index in [1.165, 1.54) is 12.3 Å². The lowest BCUT2D eigenvalue weighted by atomic mass is 9.41. The molecule has 230 valence electrons. The van der Waals surface area contributed by atoms with Gasteiger partial charge in [-0.3, -0.25) is 0 Å². The fourth-order valence-corrected chi connectivity index (χ4v) is 9.94. The summed E-state index contributed by atoms with van der Waals surface area (Å²) in [6.45, 7) is 3.74. The van der Waals surface area contributed by atoms with Crippen molar-refractivity contribution in [2.75, 3.05) is 6.61 Å². The normalized spacial score (nSPS) is 55.2. The van der Waals surface area contributed by atoms with Gasteiger partial charge in [0.05, 0.1) is 35.7 Å². The summed E-state index contributed by atoms with van der Waals surface area (Å²) in [6.07, 6.45) is -2.02. The maximum absolute atomic E-state index is 12.4. The van der Waals surface area contributed by atoms with Gasteiger partial charge in [0, 0.05) is 29.2 Å². The highest BCUT2D eigenvalue weighted by atomic mass is 16.7. The maximum atomic E-state index is 12.4. The largest absolute Gasteiger partial charge is 0.458 e. The molecule has 2 heterocycles. The SMILES string of the molecule is C[C@H]1O[C@@H](O[C@@H]2CC[C@]3(/C=N\O)[C@H]4[C@H](O)C[C@]5(C)[C@H](C6=CC(=O)OC6)CC[C@]5(O)[C@H]4CC[C@@]3(O)C2)[C@H](O)[C@H](O)[C@H]1O. The third kappa shape index (κ3) is 4.09. The van der Waals surface area contributed by atoms with Gasteiger partial charge in [0.2, 0.25) is 0 Å². The molecule has 1 saturated heterocycles. The molecule has 0 unspecified atom stereocenters.